The number of hydrogen-bond acceptors (Lipinski definition) is 3. The lowest BCUT2D eigenvalue weighted by atomic mass is 9.95. The third-order valence-corrected chi connectivity index (χ3v) is 5.86. The first kappa shape index (κ1) is 17.3. The van der Waals surface area contributed by atoms with Crippen molar-refractivity contribution in [3.8, 4) is 5.75 Å². The van der Waals surface area contributed by atoms with Gasteiger partial charge in [-0.15, -0.1) is 0 Å². The molecule has 5 rings (SSSR count). The van der Waals surface area contributed by atoms with Crippen molar-refractivity contribution in [1.29, 1.82) is 0 Å². The van der Waals surface area contributed by atoms with Gasteiger partial charge < -0.3 is 14.6 Å². The zero-order valence-electron chi connectivity index (χ0n) is 15.9. The van der Waals surface area contributed by atoms with Gasteiger partial charge in [-0.2, -0.15) is 0 Å². The van der Waals surface area contributed by atoms with E-state index in [1.165, 1.54) is 12.8 Å². The molecule has 5 nitrogen and oxygen atoms in total. The first-order valence-electron chi connectivity index (χ1n) is 10.2. The Labute approximate surface area is 164 Å². The molecule has 5 heteroatoms. The summed E-state index contributed by atoms with van der Waals surface area (Å²) in [6.45, 7) is 2.32. The van der Waals surface area contributed by atoms with Crippen molar-refractivity contribution in [1.82, 2.24) is 14.9 Å². The highest BCUT2D eigenvalue weighted by Crippen LogP contribution is 2.30. The lowest BCUT2D eigenvalue weighted by Gasteiger charge is -2.31. The number of likely N-dealkylation sites (tertiary alicyclic amines) is 1. The van der Waals surface area contributed by atoms with Gasteiger partial charge in [0, 0.05) is 24.6 Å². The SMILES string of the molecule is O=C(c1ccc(OCC2CC2)cc1)N1CCC(c2nc3ccccc3[nH]2)CC1. The van der Waals surface area contributed by atoms with E-state index < -0.39 is 0 Å². The van der Waals surface area contributed by atoms with Gasteiger partial charge in [0.05, 0.1) is 17.6 Å². The second kappa shape index (κ2) is 7.30. The zero-order chi connectivity index (χ0) is 18.9. The Balaban J connectivity index is 1.19. The van der Waals surface area contributed by atoms with Gasteiger partial charge in [-0.25, -0.2) is 4.98 Å². The fraction of sp³-hybridized carbons (Fsp3) is 0.391. The number of para-hydroxylation sites is 2. The number of carbonyl (C=O) groups excluding carboxylic acids is 1. The fourth-order valence-electron chi connectivity index (χ4n) is 3.90. The summed E-state index contributed by atoms with van der Waals surface area (Å²) < 4.78 is 5.76. The van der Waals surface area contributed by atoms with E-state index in [2.05, 4.69) is 11.1 Å². The normalized spacial score (nSPS) is 17.8. The number of nitrogens with one attached hydrogen (secondary N) is 1. The highest BCUT2D eigenvalue weighted by molar-refractivity contribution is 5.94. The number of ether oxygens (including phenoxy) is 1. The predicted molar refractivity (Wildman–Crippen MR) is 109 cm³/mol. The van der Waals surface area contributed by atoms with E-state index in [0.29, 0.717) is 5.92 Å². The van der Waals surface area contributed by atoms with Crippen LogP contribution in [0.3, 0.4) is 0 Å². The van der Waals surface area contributed by atoms with Crippen LogP contribution in [-0.4, -0.2) is 40.5 Å². The second-order valence-electron chi connectivity index (χ2n) is 7.98. The largest absolute Gasteiger partial charge is 0.493 e. The standard InChI is InChI=1S/C23H25N3O2/c27-23(18-7-9-19(10-8-18)28-15-16-5-6-16)26-13-11-17(12-14-26)22-24-20-3-1-2-4-21(20)25-22/h1-4,7-10,16-17H,5-6,11-15H2,(H,24,25). The van der Waals surface area contributed by atoms with Gasteiger partial charge in [0.15, 0.2) is 0 Å². The molecule has 0 atom stereocenters. The lowest BCUT2D eigenvalue weighted by Crippen LogP contribution is -2.38. The molecule has 2 heterocycles. The van der Waals surface area contributed by atoms with E-state index in [1.54, 1.807) is 0 Å². The van der Waals surface area contributed by atoms with Gasteiger partial charge in [0.25, 0.3) is 5.91 Å². The Bertz CT molecular complexity index is 934. The summed E-state index contributed by atoms with van der Waals surface area (Å²) >= 11 is 0. The molecule has 2 aliphatic rings. The van der Waals surface area contributed by atoms with Gasteiger partial charge in [-0.05, 0) is 68.0 Å². The molecular formula is C23H25N3O2. The number of piperidine rings is 1. The smallest absolute Gasteiger partial charge is 0.253 e. The number of fused-ring (bicyclic) bond motifs is 1. The number of aromatic nitrogens is 2. The van der Waals surface area contributed by atoms with Crippen LogP contribution in [0.4, 0.5) is 0 Å². The number of amides is 1. The van der Waals surface area contributed by atoms with Crippen molar-refractivity contribution in [2.75, 3.05) is 19.7 Å². The van der Waals surface area contributed by atoms with Crippen LogP contribution < -0.4 is 4.74 Å². The van der Waals surface area contributed by atoms with E-state index in [0.717, 1.165) is 66.6 Å². The number of aromatic amines is 1. The summed E-state index contributed by atoms with van der Waals surface area (Å²) in [6.07, 6.45) is 4.43. The number of hydrogen-bond donors (Lipinski definition) is 1. The summed E-state index contributed by atoms with van der Waals surface area (Å²) in [5.41, 5.74) is 2.83. The van der Waals surface area contributed by atoms with E-state index >= 15 is 0 Å². The van der Waals surface area contributed by atoms with Crippen LogP contribution in [0.1, 0.15) is 47.8 Å². The van der Waals surface area contributed by atoms with Crippen LogP contribution in [0.15, 0.2) is 48.5 Å². The Morgan fingerprint density at radius 2 is 1.79 bits per heavy atom. The molecule has 0 bridgehead atoms. The van der Waals surface area contributed by atoms with Crippen LogP contribution in [0, 0.1) is 5.92 Å². The van der Waals surface area contributed by atoms with Gasteiger partial charge in [0.1, 0.15) is 11.6 Å². The molecule has 2 fully saturated rings. The molecule has 1 aromatic heterocycles. The van der Waals surface area contributed by atoms with Crippen LogP contribution in [-0.2, 0) is 0 Å². The van der Waals surface area contributed by atoms with Gasteiger partial charge in [0.2, 0.25) is 0 Å². The zero-order valence-corrected chi connectivity index (χ0v) is 15.9. The van der Waals surface area contributed by atoms with Crippen LogP contribution in [0.25, 0.3) is 11.0 Å². The molecular weight excluding hydrogens is 350 g/mol. The first-order valence-corrected chi connectivity index (χ1v) is 10.2. The van der Waals surface area contributed by atoms with Crippen molar-refractivity contribution in [2.45, 2.75) is 31.6 Å². The first-order chi connectivity index (χ1) is 13.8. The van der Waals surface area contributed by atoms with Crippen molar-refractivity contribution in [3.05, 3.63) is 59.9 Å². The topological polar surface area (TPSA) is 58.2 Å². The maximum Gasteiger partial charge on any atom is 0.253 e. The third kappa shape index (κ3) is 3.61. The van der Waals surface area contributed by atoms with Crippen LogP contribution >= 0.6 is 0 Å². The molecule has 1 aliphatic heterocycles. The number of benzene rings is 2. The van der Waals surface area contributed by atoms with Gasteiger partial charge >= 0.3 is 0 Å². The molecule has 3 aromatic rings. The summed E-state index contributed by atoms with van der Waals surface area (Å²) in [5.74, 6) is 3.12. The minimum atomic E-state index is 0.108. The number of imidazole rings is 1. The van der Waals surface area contributed by atoms with Gasteiger partial charge in [-0.1, -0.05) is 12.1 Å². The predicted octanol–water partition coefficient (Wildman–Crippen LogP) is 4.37. The molecule has 1 saturated heterocycles. The summed E-state index contributed by atoms with van der Waals surface area (Å²) in [7, 11) is 0. The second-order valence-corrected chi connectivity index (χ2v) is 7.98. The van der Waals surface area contributed by atoms with E-state index in [-0.39, 0.29) is 5.91 Å². The molecule has 0 spiro atoms. The van der Waals surface area contributed by atoms with Crippen molar-refractivity contribution in [2.24, 2.45) is 5.92 Å². The molecule has 0 radical (unpaired) electrons. The minimum absolute atomic E-state index is 0.108. The lowest BCUT2D eigenvalue weighted by molar-refractivity contribution is 0.0711. The number of nitrogens with zero attached hydrogens (tertiary/aromatic N) is 2. The van der Waals surface area contributed by atoms with Crippen molar-refractivity contribution >= 4 is 16.9 Å². The van der Waals surface area contributed by atoms with Crippen LogP contribution in [0.2, 0.25) is 0 Å². The highest BCUT2D eigenvalue weighted by Gasteiger charge is 2.26. The van der Waals surface area contributed by atoms with Crippen LogP contribution in [0.5, 0.6) is 5.75 Å². The van der Waals surface area contributed by atoms with Crippen molar-refractivity contribution in [3.63, 3.8) is 0 Å². The third-order valence-electron chi connectivity index (χ3n) is 5.86. The Morgan fingerprint density at radius 3 is 2.50 bits per heavy atom. The van der Waals surface area contributed by atoms with E-state index in [1.807, 2.05) is 47.4 Å². The summed E-state index contributed by atoms with van der Waals surface area (Å²) in [6, 6.07) is 15.7. The average Bonchev–Trinajstić information content (AvgIpc) is 3.48. The highest BCUT2D eigenvalue weighted by atomic mass is 16.5. The molecule has 1 N–H and O–H groups in total. The minimum Gasteiger partial charge on any atom is -0.493 e. The monoisotopic (exact) mass is 375 g/mol. The number of rotatable bonds is 5. The van der Waals surface area contributed by atoms with E-state index in [4.69, 9.17) is 9.72 Å². The summed E-state index contributed by atoms with van der Waals surface area (Å²) in [4.78, 5) is 23.0. The maximum absolute atomic E-state index is 12.8. The molecule has 1 saturated carbocycles. The van der Waals surface area contributed by atoms with Gasteiger partial charge in [-0.3, -0.25) is 4.79 Å². The number of carbonyl (C=O) groups is 1. The summed E-state index contributed by atoms with van der Waals surface area (Å²) in [5, 5.41) is 0. The Kier molecular flexibility index (Phi) is 4.51. The van der Waals surface area contributed by atoms with Crippen molar-refractivity contribution < 1.29 is 9.53 Å². The Morgan fingerprint density at radius 1 is 1.04 bits per heavy atom. The average molecular weight is 375 g/mol. The molecule has 1 amide bonds. The molecule has 0 unspecified atom stereocenters. The quantitative estimate of drug-likeness (QED) is 0.720. The fourth-order valence-corrected chi connectivity index (χ4v) is 3.90. The molecule has 2 aromatic carbocycles. The number of H-pyrrole nitrogens is 1. The molecule has 28 heavy (non-hydrogen) atoms. The maximum atomic E-state index is 12.8. The molecule has 1 aliphatic carbocycles. The van der Waals surface area contributed by atoms with E-state index in [9.17, 15) is 4.79 Å². The Hall–Kier alpha value is -2.82. The molecule has 144 valence electrons.